The van der Waals surface area contributed by atoms with E-state index in [1.165, 1.54) is 0 Å². The number of hydrogen-bond donors (Lipinski definition) is 0. The minimum atomic E-state index is 0. The maximum absolute atomic E-state index is 2.01. The van der Waals surface area contributed by atoms with E-state index >= 15 is 0 Å². The summed E-state index contributed by atoms with van der Waals surface area (Å²) in [6.07, 6.45) is 0. The Morgan fingerprint density at radius 3 is 1.25 bits per heavy atom. The summed E-state index contributed by atoms with van der Waals surface area (Å²) in [6, 6.07) is 0. The molecule has 0 bridgehead atoms. The zero-order valence-corrected chi connectivity index (χ0v) is 8.13. The number of rotatable bonds is 0. The molecule has 0 aliphatic carbocycles. The normalized spacial score (nSPS) is 1.25. The Kier molecular flexibility index (Phi) is 87.6. The zero-order chi connectivity index (χ0) is 2.00. The fourth-order valence-electron chi connectivity index (χ4n) is 0. The Morgan fingerprint density at radius 2 is 1.25 bits per heavy atom. The topological polar surface area (TPSA) is 0 Å². The molecule has 0 aromatic rings. The van der Waals surface area contributed by atoms with Gasteiger partial charge in [0.05, 0.1) is 0 Å². The molecule has 0 saturated carbocycles. The molecule has 0 saturated heterocycles. The van der Waals surface area contributed by atoms with Gasteiger partial charge in [-0.25, -0.2) is 0 Å². The summed E-state index contributed by atoms with van der Waals surface area (Å²) >= 11 is 1.95. The molecule has 0 spiro atoms. The SMILES string of the molecule is [CH3][Mo].[Co].[W]. The summed E-state index contributed by atoms with van der Waals surface area (Å²) in [5.41, 5.74) is 0. The molecule has 0 heterocycles. The van der Waals surface area contributed by atoms with E-state index in [1.807, 2.05) is 25.1 Å². The zero-order valence-electron chi connectivity index (χ0n) is 2.15. The van der Waals surface area contributed by atoms with E-state index in [2.05, 4.69) is 0 Å². The van der Waals surface area contributed by atoms with Crippen molar-refractivity contribution >= 4 is 0 Å². The third-order valence-electron chi connectivity index (χ3n) is 0. The molecule has 0 nitrogen and oxygen atoms in total. The maximum Gasteiger partial charge on any atom is 0 e. The quantitative estimate of drug-likeness (QED) is 0.559. The molecule has 0 fully saturated rings. The van der Waals surface area contributed by atoms with Crippen LogP contribution in [0.25, 0.3) is 0 Å². The van der Waals surface area contributed by atoms with Gasteiger partial charge in [-0.2, -0.15) is 0 Å². The largest absolute Gasteiger partial charge is 0 e. The van der Waals surface area contributed by atoms with Gasteiger partial charge >= 0.3 is 25.1 Å². The van der Waals surface area contributed by atoms with Crippen LogP contribution >= 0.6 is 0 Å². The van der Waals surface area contributed by atoms with Crippen LogP contribution < -0.4 is 0 Å². The fraction of sp³-hybridized carbons (Fsp3) is 1.00. The molecule has 1 radical (unpaired) electrons. The predicted molar refractivity (Wildman–Crippen MR) is 5.86 cm³/mol. The van der Waals surface area contributed by atoms with Gasteiger partial charge in [0.15, 0.2) is 0 Å². The van der Waals surface area contributed by atoms with Gasteiger partial charge in [0.1, 0.15) is 0 Å². The Bertz CT molecular complexity index is 8.00. The van der Waals surface area contributed by atoms with Crippen LogP contribution in [0, 0.1) is 0 Å². The van der Waals surface area contributed by atoms with Crippen molar-refractivity contribution in [3.05, 3.63) is 0 Å². The molecule has 0 aromatic carbocycles. The van der Waals surface area contributed by atoms with Gasteiger partial charge in [-0.3, -0.25) is 0 Å². The van der Waals surface area contributed by atoms with E-state index in [1.54, 1.807) is 0 Å². The first kappa shape index (κ1) is 16.9. The van der Waals surface area contributed by atoms with E-state index < -0.39 is 0 Å². The average Bonchev–Trinajstić information content (AvgIpc) is 1.00. The molecule has 4 heavy (non-hydrogen) atoms. The smallest absolute Gasteiger partial charge is 0 e. The van der Waals surface area contributed by atoms with Crippen molar-refractivity contribution in [1.29, 1.82) is 0 Å². The summed E-state index contributed by atoms with van der Waals surface area (Å²) in [5, 5.41) is 2.01. The predicted octanol–water partition coefficient (Wildman–Crippen LogP) is 0.576. The van der Waals surface area contributed by atoms with Gasteiger partial charge < -0.3 is 0 Å². The van der Waals surface area contributed by atoms with E-state index in [0.29, 0.717) is 0 Å². The average molecular weight is 354 g/mol. The summed E-state index contributed by atoms with van der Waals surface area (Å²) in [6.45, 7) is 0. The molecule has 0 aliphatic heterocycles. The van der Waals surface area contributed by atoms with Crippen LogP contribution in [0.5, 0.6) is 0 Å². The van der Waals surface area contributed by atoms with Crippen molar-refractivity contribution in [2.75, 3.05) is 0 Å². The first-order chi connectivity index (χ1) is 1.00. The van der Waals surface area contributed by atoms with Gasteiger partial charge in [0.25, 0.3) is 0 Å². The summed E-state index contributed by atoms with van der Waals surface area (Å²) in [7, 11) is 0. The van der Waals surface area contributed by atoms with Crippen LogP contribution in [0.2, 0.25) is 5.31 Å². The van der Waals surface area contributed by atoms with Crippen LogP contribution in [0.1, 0.15) is 0 Å². The maximum atomic E-state index is 2.01. The van der Waals surface area contributed by atoms with Crippen molar-refractivity contribution in [3.8, 4) is 0 Å². The van der Waals surface area contributed by atoms with Crippen molar-refractivity contribution in [1.82, 2.24) is 0 Å². The van der Waals surface area contributed by atoms with E-state index in [-0.39, 0.29) is 37.8 Å². The minimum Gasteiger partial charge on any atom is 0 e. The summed E-state index contributed by atoms with van der Waals surface area (Å²) in [4.78, 5) is 0. The first-order valence-corrected chi connectivity index (χ1v) is 2.42. The molecule has 28 valence electrons. The molecule has 0 N–H and O–H groups in total. The van der Waals surface area contributed by atoms with Crippen molar-refractivity contribution in [3.63, 3.8) is 0 Å². The van der Waals surface area contributed by atoms with Gasteiger partial charge in [-0.05, 0) is 0 Å². The second kappa shape index (κ2) is 20.8. The third kappa shape index (κ3) is 9.10. The standard InChI is InChI=1S/CH3.Co.Mo.W/h1H3;;;. The molecular weight excluding hydrogens is 351 g/mol. The van der Waals surface area contributed by atoms with Gasteiger partial charge in [0.2, 0.25) is 0 Å². The van der Waals surface area contributed by atoms with Crippen LogP contribution in [0.15, 0.2) is 0 Å². The Labute approximate surface area is 62.5 Å². The molecule has 0 aromatic heterocycles. The molecule has 0 amide bonds. The van der Waals surface area contributed by atoms with Crippen LogP contribution in [0.3, 0.4) is 0 Å². The molecule has 3 heteroatoms. The van der Waals surface area contributed by atoms with Gasteiger partial charge in [-0.1, -0.05) is 0 Å². The van der Waals surface area contributed by atoms with Crippen molar-refractivity contribution in [2.24, 2.45) is 0 Å². The molecule has 0 aliphatic rings. The number of hydrogen-bond acceptors (Lipinski definition) is 0. The Balaban J connectivity index is -0.00000000500. The second-order valence-electron chi connectivity index (χ2n) is 0. The Hall–Kier alpha value is 1.88. The van der Waals surface area contributed by atoms with E-state index in [9.17, 15) is 0 Å². The fourth-order valence-corrected chi connectivity index (χ4v) is 0. The van der Waals surface area contributed by atoms with Gasteiger partial charge in [-0.15, -0.1) is 0 Å². The minimum absolute atomic E-state index is 0. The van der Waals surface area contributed by atoms with E-state index in [0.717, 1.165) is 0 Å². The third-order valence-corrected chi connectivity index (χ3v) is 0. The summed E-state index contributed by atoms with van der Waals surface area (Å²) in [5.74, 6) is 0. The second-order valence-corrected chi connectivity index (χ2v) is 0. The van der Waals surface area contributed by atoms with Crippen LogP contribution in [-0.4, -0.2) is 0 Å². The monoisotopic (exact) mass is 356 g/mol. The molecular formula is CH3CoMoW. The molecule has 0 unspecified atom stereocenters. The molecule has 0 atom stereocenters. The van der Waals surface area contributed by atoms with Gasteiger partial charge in [0, 0.05) is 37.8 Å². The summed E-state index contributed by atoms with van der Waals surface area (Å²) < 4.78 is 0. The van der Waals surface area contributed by atoms with E-state index in [4.69, 9.17) is 0 Å². The van der Waals surface area contributed by atoms with Crippen LogP contribution in [-0.2, 0) is 57.7 Å². The molecule has 0 rings (SSSR count). The first-order valence-electron chi connectivity index (χ1n) is 0.408. The van der Waals surface area contributed by atoms with Crippen LogP contribution in [0.4, 0.5) is 0 Å². The Morgan fingerprint density at radius 1 is 1.25 bits per heavy atom. The van der Waals surface area contributed by atoms with Crippen molar-refractivity contribution < 1.29 is 57.7 Å². The van der Waals surface area contributed by atoms with Crippen molar-refractivity contribution in [2.45, 2.75) is 5.31 Å².